The number of allylic oxidation sites excluding steroid dienone is 3. The Morgan fingerprint density at radius 1 is 1.21 bits per heavy atom. The minimum absolute atomic E-state index is 0.293. The Morgan fingerprint density at radius 3 is 2.43 bits per heavy atom. The fourth-order valence-corrected chi connectivity index (χ4v) is 1.95. The van der Waals surface area contributed by atoms with Crippen molar-refractivity contribution >= 4 is 5.97 Å². The summed E-state index contributed by atoms with van der Waals surface area (Å²) >= 11 is 0. The predicted octanol–water partition coefficient (Wildman–Crippen LogP) is 3.15. The van der Waals surface area contributed by atoms with Gasteiger partial charge in [-0.15, -0.1) is 0 Å². The van der Waals surface area contributed by atoms with E-state index in [0.717, 1.165) is 0 Å². The van der Waals surface area contributed by atoms with Crippen molar-refractivity contribution in [2.24, 2.45) is 5.41 Å². The Kier molecular flexibility index (Phi) is 3.93. The zero-order valence-corrected chi connectivity index (χ0v) is 8.70. The van der Waals surface area contributed by atoms with Crippen LogP contribution in [0.5, 0.6) is 0 Å². The summed E-state index contributed by atoms with van der Waals surface area (Å²) in [5, 5.41) is 8.39. The van der Waals surface area contributed by atoms with Crippen LogP contribution in [0.3, 0.4) is 0 Å². The van der Waals surface area contributed by atoms with E-state index in [1.807, 2.05) is 6.08 Å². The molecule has 0 saturated heterocycles. The van der Waals surface area contributed by atoms with E-state index >= 15 is 0 Å². The third kappa shape index (κ3) is 3.77. The maximum absolute atomic E-state index is 10.2. The molecule has 0 aromatic carbocycles. The first-order chi connectivity index (χ1) is 6.62. The maximum Gasteiger partial charge on any atom is 0.328 e. The second-order valence-corrected chi connectivity index (χ2v) is 4.27. The molecule has 0 aliphatic heterocycles. The van der Waals surface area contributed by atoms with Crippen LogP contribution >= 0.6 is 0 Å². The topological polar surface area (TPSA) is 37.3 Å². The summed E-state index contributed by atoms with van der Waals surface area (Å²) in [7, 11) is 0. The molecule has 2 nitrogen and oxygen atoms in total. The first kappa shape index (κ1) is 11.0. The van der Waals surface area contributed by atoms with Gasteiger partial charge < -0.3 is 5.11 Å². The summed E-state index contributed by atoms with van der Waals surface area (Å²) in [6, 6.07) is 0. The van der Waals surface area contributed by atoms with Crippen LogP contribution in [0.2, 0.25) is 0 Å². The van der Waals surface area contributed by atoms with Crippen molar-refractivity contribution in [3.8, 4) is 0 Å². The first-order valence-electron chi connectivity index (χ1n) is 5.21. The van der Waals surface area contributed by atoms with Crippen molar-refractivity contribution in [2.45, 2.75) is 39.0 Å². The molecule has 0 unspecified atom stereocenters. The Bertz CT molecular complexity index is 245. The third-order valence-electron chi connectivity index (χ3n) is 2.84. The Hall–Kier alpha value is -1.05. The van der Waals surface area contributed by atoms with Crippen LogP contribution in [0.1, 0.15) is 39.0 Å². The lowest BCUT2D eigenvalue weighted by atomic mass is 9.75. The molecular weight excluding hydrogens is 176 g/mol. The van der Waals surface area contributed by atoms with Gasteiger partial charge in [0.1, 0.15) is 0 Å². The monoisotopic (exact) mass is 194 g/mol. The number of hydrogen-bond acceptors (Lipinski definition) is 1. The van der Waals surface area contributed by atoms with E-state index < -0.39 is 5.97 Å². The number of carboxylic acids is 1. The highest BCUT2D eigenvalue weighted by Gasteiger charge is 2.22. The van der Waals surface area contributed by atoms with Crippen molar-refractivity contribution in [2.75, 3.05) is 0 Å². The predicted molar refractivity (Wildman–Crippen MR) is 57.1 cm³/mol. The van der Waals surface area contributed by atoms with Crippen LogP contribution in [-0.4, -0.2) is 11.1 Å². The lowest BCUT2D eigenvalue weighted by Gasteiger charge is -2.30. The molecule has 0 amide bonds. The summed E-state index contributed by atoms with van der Waals surface area (Å²) < 4.78 is 0. The standard InChI is InChI=1S/C12H18O2/c1-12(8-4-2-5-9-12)10-6-3-7-11(13)14/h3,6-7,10H,2,4-5,8-9H2,1H3,(H,13,14)/b7-3+,10-6+. The number of rotatable bonds is 3. The Balaban J connectivity index is 2.44. The fourth-order valence-electron chi connectivity index (χ4n) is 1.95. The maximum atomic E-state index is 10.2. The molecule has 78 valence electrons. The molecule has 0 spiro atoms. The number of carboxylic acid groups (broad SMARTS) is 1. The smallest absolute Gasteiger partial charge is 0.328 e. The summed E-state index contributed by atoms with van der Waals surface area (Å²) in [5.74, 6) is -0.886. The van der Waals surface area contributed by atoms with Gasteiger partial charge in [0.2, 0.25) is 0 Å². The molecule has 0 radical (unpaired) electrons. The molecule has 1 fully saturated rings. The van der Waals surface area contributed by atoms with Gasteiger partial charge in [0, 0.05) is 6.08 Å². The normalized spacial score (nSPS) is 21.8. The van der Waals surface area contributed by atoms with E-state index in [2.05, 4.69) is 13.0 Å². The molecule has 1 aliphatic rings. The molecule has 0 atom stereocenters. The highest BCUT2D eigenvalue weighted by atomic mass is 16.4. The van der Waals surface area contributed by atoms with E-state index in [1.165, 1.54) is 38.2 Å². The molecule has 14 heavy (non-hydrogen) atoms. The second kappa shape index (κ2) is 4.99. The minimum atomic E-state index is -0.886. The molecule has 1 N–H and O–H groups in total. The summed E-state index contributed by atoms with van der Waals surface area (Å²) in [4.78, 5) is 10.2. The van der Waals surface area contributed by atoms with Crippen LogP contribution in [0.15, 0.2) is 24.3 Å². The van der Waals surface area contributed by atoms with Gasteiger partial charge in [0.15, 0.2) is 0 Å². The van der Waals surface area contributed by atoms with Crippen molar-refractivity contribution in [3.63, 3.8) is 0 Å². The van der Waals surface area contributed by atoms with Crippen LogP contribution < -0.4 is 0 Å². The average Bonchev–Trinajstić information content (AvgIpc) is 2.14. The third-order valence-corrected chi connectivity index (χ3v) is 2.84. The van der Waals surface area contributed by atoms with Crippen LogP contribution in [0.4, 0.5) is 0 Å². The van der Waals surface area contributed by atoms with E-state index in [9.17, 15) is 4.79 Å². The van der Waals surface area contributed by atoms with Crippen LogP contribution in [0, 0.1) is 5.41 Å². The minimum Gasteiger partial charge on any atom is -0.478 e. The average molecular weight is 194 g/mol. The lowest BCUT2D eigenvalue weighted by molar-refractivity contribution is -0.131. The van der Waals surface area contributed by atoms with Gasteiger partial charge in [0.25, 0.3) is 0 Å². The molecule has 1 saturated carbocycles. The zero-order valence-electron chi connectivity index (χ0n) is 8.70. The summed E-state index contributed by atoms with van der Waals surface area (Å²) in [6.07, 6.45) is 13.2. The Labute approximate surface area is 85.3 Å². The summed E-state index contributed by atoms with van der Waals surface area (Å²) in [5.41, 5.74) is 0.293. The molecular formula is C12H18O2. The summed E-state index contributed by atoms with van der Waals surface area (Å²) in [6.45, 7) is 2.25. The van der Waals surface area contributed by atoms with Gasteiger partial charge >= 0.3 is 5.97 Å². The van der Waals surface area contributed by atoms with Crippen molar-refractivity contribution in [3.05, 3.63) is 24.3 Å². The number of hydrogen-bond donors (Lipinski definition) is 1. The molecule has 2 heteroatoms. The van der Waals surface area contributed by atoms with Crippen molar-refractivity contribution < 1.29 is 9.90 Å². The van der Waals surface area contributed by atoms with E-state index in [-0.39, 0.29) is 0 Å². The van der Waals surface area contributed by atoms with Crippen molar-refractivity contribution in [1.82, 2.24) is 0 Å². The largest absolute Gasteiger partial charge is 0.478 e. The molecule has 0 bridgehead atoms. The highest BCUT2D eigenvalue weighted by Crippen LogP contribution is 2.36. The van der Waals surface area contributed by atoms with Gasteiger partial charge in [-0.2, -0.15) is 0 Å². The number of carbonyl (C=O) groups is 1. The number of aliphatic carboxylic acids is 1. The molecule has 0 aromatic heterocycles. The second-order valence-electron chi connectivity index (χ2n) is 4.27. The first-order valence-corrected chi connectivity index (χ1v) is 5.21. The fraction of sp³-hybridized carbons (Fsp3) is 0.583. The van der Waals surface area contributed by atoms with Gasteiger partial charge in [-0.25, -0.2) is 4.79 Å². The SMILES string of the molecule is CC1(/C=C/C=C/C(=O)O)CCCCC1. The van der Waals surface area contributed by atoms with E-state index in [1.54, 1.807) is 6.08 Å². The molecule has 1 aliphatic carbocycles. The van der Waals surface area contributed by atoms with E-state index in [4.69, 9.17) is 5.11 Å². The van der Waals surface area contributed by atoms with Gasteiger partial charge in [-0.3, -0.25) is 0 Å². The molecule has 0 heterocycles. The highest BCUT2D eigenvalue weighted by molar-refractivity contribution is 5.80. The quantitative estimate of drug-likeness (QED) is 0.553. The van der Waals surface area contributed by atoms with Crippen molar-refractivity contribution in [1.29, 1.82) is 0 Å². The van der Waals surface area contributed by atoms with Gasteiger partial charge in [0.05, 0.1) is 0 Å². The zero-order chi connectivity index (χ0) is 10.4. The van der Waals surface area contributed by atoms with Gasteiger partial charge in [-0.05, 0) is 18.3 Å². The van der Waals surface area contributed by atoms with Crippen LogP contribution in [0.25, 0.3) is 0 Å². The van der Waals surface area contributed by atoms with E-state index in [0.29, 0.717) is 5.41 Å². The van der Waals surface area contributed by atoms with Crippen LogP contribution in [-0.2, 0) is 4.79 Å². The van der Waals surface area contributed by atoms with Gasteiger partial charge in [-0.1, -0.05) is 44.4 Å². The lowest BCUT2D eigenvalue weighted by Crippen LogP contribution is -2.16. The molecule has 1 rings (SSSR count). The Morgan fingerprint density at radius 2 is 1.86 bits per heavy atom. The molecule has 0 aromatic rings.